The summed E-state index contributed by atoms with van der Waals surface area (Å²) in [6.45, 7) is 7.19. The fourth-order valence-corrected chi connectivity index (χ4v) is 7.76. The first kappa shape index (κ1) is 29.4. The zero-order valence-electron chi connectivity index (χ0n) is 25.0. The molecule has 0 bridgehead atoms. The van der Waals surface area contributed by atoms with Crippen LogP contribution in [0.2, 0.25) is 0 Å². The topological polar surface area (TPSA) is 112 Å². The van der Waals surface area contributed by atoms with Crippen LogP contribution in [0.1, 0.15) is 29.3 Å². The van der Waals surface area contributed by atoms with Gasteiger partial charge in [-0.15, -0.1) is 0 Å². The first-order valence-corrected chi connectivity index (χ1v) is 16.0. The molecule has 1 saturated heterocycles. The Morgan fingerprint density at radius 1 is 0.977 bits per heavy atom. The third-order valence-electron chi connectivity index (χ3n) is 8.41. The molecule has 44 heavy (non-hydrogen) atoms. The lowest BCUT2D eigenvalue weighted by atomic mass is 9.81. The van der Waals surface area contributed by atoms with Crippen molar-refractivity contribution in [3.05, 3.63) is 102 Å². The van der Waals surface area contributed by atoms with Gasteiger partial charge in [-0.25, -0.2) is 4.98 Å². The minimum atomic E-state index is -4.10. The van der Waals surface area contributed by atoms with E-state index in [4.69, 9.17) is 9.47 Å². The van der Waals surface area contributed by atoms with Crippen LogP contribution < -0.4 is 18.7 Å². The Hall–Kier alpha value is -4.66. The molecule has 1 fully saturated rings. The number of aromatic nitrogens is 2. The number of aryl methyl sites for hydroxylation is 1. The third kappa shape index (κ3) is 5.00. The van der Waals surface area contributed by atoms with E-state index >= 15 is 0 Å². The SMILES string of the molecule is CCOc1ccccc1C1(N2CCN(c3ccnc(C)c3)CC2)CN(S(=O)(=O)c2ccc(OC)cn2)c2ccc(C#N)cc21. The van der Waals surface area contributed by atoms with Gasteiger partial charge in [-0.05, 0) is 62.4 Å². The lowest BCUT2D eigenvalue weighted by Gasteiger charge is -2.47. The number of sulfonamides is 1. The number of benzene rings is 2. The fraction of sp³-hybridized carbons (Fsp3) is 0.303. The van der Waals surface area contributed by atoms with E-state index in [0.717, 1.165) is 35.6 Å². The Labute approximate surface area is 258 Å². The molecule has 0 saturated carbocycles. The van der Waals surface area contributed by atoms with Gasteiger partial charge in [0.2, 0.25) is 0 Å². The number of nitriles is 1. The minimum Gasteiger partial charge on any atom is -0.495 e. The number of piperazine rings is 1. The Morgan fingerprint density at radius 2 is 1.77 bits per heavy atom. The van der Waals surface area contributed by atoms with Crippen molar-refractivity contribution in [3.63, 3.8) is 0 Å². The molecule has 1 atom stereocenters. The van der Waals surface area contributed by atoms with Crippen molar-refractivity contribution in [2.75, 3.05) is 55.6 Å². The lowest BCUT2D eigenvalue weighted by molar-refractivity contribution is 0.124. The Morgan fingerprint density at radius 3 is 2.45 bits per heavy atom. The first-order chi connectivity index (χ1) is 21.3. The van der Waals surface area contributed by atoms with E-state index in [9.17, 15) is 13.7 Å². The molecule has 226 valence electrons. The maximum Gasteiger partial charge on any atom is 0.281 e. The molecule has 4 heterocycles. The van der Waals surface area contributed by atoms with Gasteiger partial charge in [0, 0.05) is 54.9 Å². The van der Waals surface area contributed by atoms with E-state index in [-0.39, 0.29) is 11.6 Å². The predicted molar refractivity (Wildman–Crippen MR) is 168 cm³/mol. The molecule has 2 aromatic heterocycles. The summed E-state index contributed by atoms with van der Waals surface area (Å²) in [5, 5.41) is 9.86. The van der Waals surface area contributed by atoms with Gasteiger partial charge in [0.25, 0.3) is 10.0 Å². The van der Waals surface area contributed by atoms with Gasteiger partial charge in [-0.2, -0.15) is 13.7 Å². The van der Waals surface area contributed by atoms with Crippen LogP contribution in [-0.2, 0) is 15.6 Å². The Bertz CT molecular complexity index is 1820. The average molecular weight is 611 g/mol. The molecule has 4 aromatic rings. The highest BCUT2D eigenvalue weighted by Gasteiger charge is 2.53. The van der Waals surface area contributed by atoms with Gasteiger partial charge >= 0.3 is 0 Å². The summed E-state index contributed by atoms with van der Waals surface area (Å²) in [5.74, 6) is 1.14. The van der Waals surface area contributed by atoms with Crippen molar-refractivity contribution >= 4 is 21.4 Å². The number of rotatable bonds is 8. The van der Waals surface area contributed by atoms with Crippen molar-refractivity contribution in [1.82, 2.24) is 14.9 Å². The molecule has 0 aliphatic carbocycles. The average Bonchev–Trinajstić information content (AvgIpc) is 3.41. The van der Waals surface area contributed by atoms with Crippen LogP contribution in [-0.4, -0.2) is 69.7 Å². The smallest absolute Gasteiger partial charge is 0.281 e. The lowest BCUT2D eigenvalue weighted by Crippen LogP contribution is -2.58. The molecule has 2 aliphatic heterocycles. The van der Waals surface area contributed by atoms with Gasteiger partial charge in [-0.1, -0.05) is 18.2 Å². The van der Waals surface area contributed by atoms with Crippen molar-refractivity contribution < 1.29 is 17.9 Å². The summed E-state index contributed by atoms with van der Waals surface area (Å²) in [5.41, 5.74) is 3.69. The zero-order valence-corrected chi connectivity index (χ0v) is 25.8. The standard InChI is InChI=1S/C33H34N6O4S/c1-4-43-31-8-6-5-7-28(31)33(38-17-15-37(16-18-38)26-13-14-35-24(2)19-26)23-39(30-11-9-25(21-34)20-29(30)33)44(40,41)32-12-10-27(42-3)22-36-32/h5-14,19-20,22H,4,15-18,23H2,1-3H3. The van der Waals surface area contributed by atoms with Crippen LogP contribution >= 0.6 is 0 Å². The molecule has 11 heteroatoms. The highest BCUT2D eigenvalue weighted by Crippen LogP contribution is 2.52. The molecule has 1 unspecified atom stereocenters. The number of para-hydroxylation sites is 1. The largest absolute Gasteiger partial charge is 0.495 e. The predicted octanol–water partition coefficient (Wildman–Crippen LogP) is 4.34. The maximum atomic E-state index is 14.3. The number of methoxy groups -OCH3 is 1. The zero-order chi connectivity index (χ0) is 30.9. The summed E-state index contributed by atoms with van der Waals surface area (Å²) in [6.07, 6.45) is 3.23. The van der Waals surface area contributed by atoms with Gasteiger partial charge in [0.1, 0.15) is 11.5 Å². The molecule has 0 amide bonds. The quantitative estimate of drug-likeness (QED) is 0.288. The molecule has 0 radical (unpaired) electrons. The van der Waals surface area contributed by atoms with Crippen molar-refractivity contribution in [2.24, 2.45) is 0 Å². The van der Waals surface area contributed by atoms with Crippen molar-refractivity contribution in [1.29, 1.82) is 5.26 Å². The van der Waals surface area contributed by atoms with Gasteiger partial charge < -0.3 is 14.4 Å². The number of ether oxygens (including phenoxy) is 2. The van der Waals surface area contributed by atoms with Crippen LogP contribution in [0.4, 0.5) is 11.4 Å². The Balaban J connectivity index is 1.51. The highest BCUT2D eigenvalue weighted by atomic mass is 32.2. The number of hydrogen-bond donors (Lipinski definition) is 0. The highest BCUT2D eigenvalue weighted by molar-refractivity contribution is 7.92. The third-order valence-corrected chi connectivity index (χ3v) is 10.1. The van der Waals surface area contributed by atoms with E-state index in [2.05, 4.69) is 31.9 Å². The number of hydrogen-bond acceptors (Lipinski definition) is 9. The summed E-state index contributed by atoms with van der Waals surface area (Å²) in [4.78, 5) is 13.3. The van der Waals surface area contributed by atoms with Crippen LogP contribution in [0, 0.1) is 18.3 Å². The summed E-state index contributed by atoms with van der Waals surface area (Å²) >= 11 is 0. The van der Waals surface area contributed by atoms with Gasteiger partial charge in [0.15, 0.2) is 5.03 Å². The maximum absolute atomic E-state index is 14.3. The van der Waals surface area contributed by atoms with Crippen LogP contribution in [0.5, 0.6) is 11.5 Å². The van der Waals surface area contributed by atoms with Crippen molar-refractivity contribution in [3.8, 4) is 17.6 Å². The van der Waals surface area contributed by atoms with E-state index in [1.165, 1.54) is 23.7 Å². The molecule has 10 nitrogen and oxygen atoms in total. The van der Waals surface area contributed by atoms with E-state index in [0.29, 0.717) is 42.4 Å². The van der Waals surface area contributed by atoms with E-state index < -0.39 is 15.6 Å². The van der Waals surface area contributed by atoms with Gasteiger partial charge in [0.05, 0.1) is 49.3 Å². The molecular weight excluding hydrogens is 576 g/mol. The van der Waals surface area contributed by atoms with E-state index in [1.807, 2.05) is 56.4 Å². The number of fused-ring (bicyclic) bond motifs is 1. The molecule has 6 rings (SSSR count). The molecule has 2 aliphatic rings. The molecular formula is C33H34N6O4S. The first-order valence-electron chi connectivity index (χ1n) is 14.5. The second-order valence-electron chi connectivity index (χ2n) is 10.8. The number of nitrogens with zero attached hydrogens (tertiary/aromatic N) is 6. The van der Waals surface area contributed by atoms with Crippen molar-refractivity contribution in [2.45, 2.75) is 24.4 Å². The fourth-order valence-electron chi connectivity index (χ4n) is 6.33. The minimum absolute atomic E-state index is 0.0830. The number of pyridine rings is 2. The molecule has 0 N–H and O–H groups in total. The van der Waals surface area contributed by atoms with Crippen LogP contribution in [0.15, 0.2) is 84.1 Å². The second kappa shape index (κ2) is 11.8. The van der Waals surface area contributed by atoms with Crippen LogP contribution in [0.25, 0.3) is 0 Å². The molecule has 2 aromatic carbocycles. The van der Waals surface area contributed by atoms with Crippen LogP contribution in [0.3, 0.4) is 0 Å². The monoisotopic (exact) mass is 610 g/mol. The molecule has 0 spiro atoms. The summed E-state index contributed by atoms with van der Waals surface area (Å²) < 4.78 is 41.5. The van der Waals surface area contributed by atoms with E-state index in [1.54, 1.807) is 18.2 Å². The summed E-state index contributed by atoms with van der Waals surface area (Å²) in [7, 11) is -2.59. The summed E-state index contributed by atoms with van der Waals surface area (Å²) in [6, 6.07) is 22.4. The normalized spacial score (nSPS) is 18.5. The van der Waals surface area contributed by atoms with Gasteiger partial charge in [-0.3, -0.25) is 14.2 Å². The second-order valence-corrected chi connectivity index (χ2v) is 12.6. The number of anilines is 2. The Kier molecular flexibility index (Phi) is 7.88.